The summed E-state index contributed by atoms with van der Waals surface area (Å²) in [6, 6.07) is 4.22. The first-order valence-corrected chi connectivity index (χ1v) is 11.0. The van der Waals surface area contributed by atoms with Gasteiger partial charge >= 0.3 is 0 Å². The summed E-state index contributed by atoms with van der Waals surface area (Å²) in [6.07, 6.45) is 5.24. The van der Waals surface area contributed by atoms with Crippen molar-refractivity contribution in [1.82, 2.24) is 25.3 Å². The van der Waals surface area contributed by atoms with Crippen molar-refractivity contribution >= 4 is 17.5 Å². The molecule has 33 heavy (non-hydrogen) atoms. The molecule has 0 saturated heterocycles. The fourth-order valence-corrected chi connectivity index (χ4v) is 3.29. The number of carbonyl (C=O) groups is 1. The summed E-state index contributed by atoms with van der Waals surface area (Å²) in [5.74, 6) is -0.197. The van der Waals surface area contributed by atoms with Crippen molar-refractivity contribution in [3.05, 3.63) is 57.3 Å². The zero-order chi connectivity index (χ0) is 23.5. The first-order chi connectivity index (χ1) is 15.8. The van der Waals surface area contributed by atoms with Gasteiger partial charge < -0.3 is 15.0 Å². The Labute approximate surface area is 194 Å². The van der Waals surface area contributed by atoms with Crippen LogP contribution in [0.1, 0.15) is 32.3 Å². The Morgan fingerprint density at radius 3 is 2.73 bits per heavy atom. The lowest BCUT2D eigenvalue weighted by Gasteiger charge is -2.12. The van der Waals surface area contributed by atoms with Crippen LogP contribution in [-0.4, -0.2) is 32.4 Å². The highest BCUT2D eigenvalue weighted by Gasteiger charge is 2.22. The Bertz CT molecular complexity index is 1230. The second-order valence-corrected chi connectivity index (χ2v) is 8.65. The number of aromatic amines is 1. The predicted molar refractivity (Wildman–Crippen MR) is 121 cm³/mol. The number of amides is 1. The van der Waals surface area contributed by atoms with E-state index in [1.165, 1.54) is 30.6 Å². The Balaban J connectivity index is 1.62. The number of H-pyrrole nitrogens is 1. The van der Waals surface area contributed by atoms with Gasteiger partial charge in [-0.3, -0.25) is 9.59 Å². The molecule has 1 amide bonds. The summed E-state index contributed by atoms with van der Waals surface area (Å²) in [5, 5.41) is 2.74. The van der Waals surface area contributed by atoms with Crippen LogP contribution < -0.4 is 15.6 Å². The average Bonchev–Trinajstić information content (AvgIpc) is 3.61. The van der Waals surface area contributed by atoms with Gasteiger partial charge in [-0.2, -0.15) is 0 Å². The highest BCUT2D eigenvalue weighted by Crippen LogP contribution is 2.31. The monoisotopic (exact) mass is 471 g/mol. The zero-order valence-corrected chi connectivity index (χ0v) is 18.9. The number of nitrogens with zero attached hydrogens (tertiary/aromatic N) is 3. The molecule has 1 aromatic carbocycles. The summed E-state index contributed by atoms with van der Waals surface area (Å²) in [5.41, 5.74) is 0.194. The lowest BCUT2D eigenvalue weighted by atomic mass is 10.1. The summed E-state index contributed by atoms with van der Waals surface area (Å²) in [7, 11) is 0. The van der Waals surface area contributed by atoms with Crippen LogP contribution in [0.4, 0.5) is 4.39 Å². The van der Waals surface area contributed by atoms with Crippen molar-refractivity contribution in [1.29, 1.82) is 0 Å². The number of halogens is 2. The molecule has 2 heterocycles. The molecular weight excluding hydrogens is 449 g/mol. The summed E-state index contributed by atoms with van der Waals surface area (Å²) >= 11 is 6.25. The van der Waals surface area contributed by atoms with Gasteiger partial charge in [0.15, 0.2) is 0 Å². The van der Waals surface area contributed by atoms with Crippen LogP contribution in [0.2, 0.25) is 5.02 Å². The normalized spacial score (nSPS) is 13.2. The SMILES string of the molecule is CC(C)C(=O)NCc1ccc(Cl)c(-c2nc(-c3cnc(OCC4CC4)cn3)cc(=O)[nH]2)c1F. The molecule has 1 aliphatic carbocycles. The highest BCUT2D eigenvalue weighted by atomic mass is 35.5. The number of carbonyl (C=O) groups excluding carboxylic acids is 1. The van der Waals surface area contributed by atoms with Crippen molar-refractivity contribution in [3.8, 4) is 28.7 Å². The Morgan fingerprint density at radius 2 is 2.06 bits per heavy atom. The molecule has 3 aromatic rings. The van der Waals surface area contributed by atoms with Crippen molar-refractivity contribution in [2.75, 3.05) is 6.61 Å². The van der Waals surface area contributed by atoms with Crippen LogP contribution in [0.3, 0.4) is 0 Å². The largest absolute Gasteiger partial charge is 0.476 e. The summed E-state index contributed by atoms with van der Waals surface area (Å²) in [6.45, 7) is 4.07. The molecule has 2 aromatic heterocycles. The maximum atomic E-state index is 15.3. The van der Waals surface area contributed by atoms with Crippen LogP contribution in [0, 0.1) is 17.7 Å². The minimum absolute atomic E-state index is 0.0231. The predicted octanol–water partition coefficient (Wildman–Crippen LogP) is 3.75. The number of benzene rings is 1. The molecule has 1 saturated carbocycles. The third kappa shape index (κ3) is 5.54. The van der Waals surface area contributed by atoms with E-state index >= 15 is 4.39 Å². The molecule has 2 N–H and O–H groups in total. The van der Waals surface area contributed by atoms with Crippen molar-refractivity contribution in [2.45, 2.75) is 33.2 Å². The smallest absolute Gasteiger partial charge is 0.251 e. The molecule has 0 atom stereocenters. The fourth-order valence-electron chi connectivity index (χ4n) is 3.05. The summed E-state index contributed by atoms with van der Waals surface area (Å²) < 4.78 is 20.9. The summed E-state index contributed by atoms with van der Waals surface area (Å²) in [4.78, 5) is 39.5. The van der Waals surface area contributed by atoms with Crippen LogP contribution in [0.15, 0.2) is 35.4 Å². The van der Waals surface area contributed by atoms with E-state index in [-0.39, 0.29) is 46.0 Å². The van der Waals surface area contributed by atoms with E-state index in [2.05, 4.69) is 25.3 Å². The second kappa shape index (κ2) is 9.66. The van der Waals surface area contributed by atoms with Gasteiger partial charge in [-0.15, -0.1) is 0 Å². The Hall–Kier alpha value is -3.33. The molecule has 0 bridgehead atoms. The van der Waals surface area contributed by atoms with E-state index in [0.717, 1.165) is 12.8 Å². The Morgan fingerprint density at radius 1 is 1.27 bits per heavy atom. The van der Waals surface area contributed by atoms with E-state index in [0.29, 0.717) is 24.1 Å². The highest BCUT2D eigenvalue weighted by molar-refractivity contribution is 6.33. The first-order valence-electron chi connectivity index (χ1n) is 10.6. The van der Waals surface area contributed by atoms with E-state index in [4.69, 9.17) is 16.3 Å². The van der Waals surface area contributed by atoms with Gasteiger partial charge in [-0.25, -0.2) is 19.3 Å². The van der Waals surface area contributed by atoms with Gasteiger partial charge in [-0.05, 0) is 24.8 Å². The molecule has 4 rings (SSSR count). The van der Waals surface area contributed by atoms with E-state index in [1.54, 1.807) is 13.8 Å². The number of nitrogens with one attached hydrogen (secondary N) is 2. The van der Waals surface area contributed by atoms with Crippen molar-refractivity contribution in [3.63, 3.8) is 0 Å². The van der Waals surface area contributed by atoms with Crippen LogP contribution in [-0.2, 0) is 11.3 Å². The number of hydrogen-bond donors (Lipinski definition) is 2. The molecular formula is C23H23ClFN5O3. The quantitative estimate of drug-likeness (QED) is 0.517. The van der Waals surface area contributed by atoms with Gasteiger partial charge in [0.1, 0.15) is 17.3 Å². The lowest BCUT2D eigenvalue weighted by molar-refractivity contribution is -0.124. The van der Waals surface area contributed by atoms with Gasteiger partial charge in [0.2, 0.25) is 11.8 Å². The molecule has 1 fully saturated rings. The van der Waals surface area contributed by atoms with Crippen LogP contribution in [0.25, 0.3) is 22.8 Å². The van der Waals surface area contributed by atoms with E-state index < -0.39 is 11.4 Å². The molecule has 10 heteroatoms. The van der Waals surface area contributed by atoms with Crippen molar-refractivity contribution < 1.29 is 13.9 Å². The van der Waals surface area contributed by atoms with Crippen LogP contribution in [0.5, 0.6) is 5.88 Å². The minimum atomic E-state index is -0.679. The van der Waals surface area contributed by atoms with Crippen LogP contribution >= 0.6 is 11.6 Å². The van der Waals surface area contributed by atoms with E-state index in [9.17, 15) is 9.59 Å². The van der Waals surface area contributed by atoms with Gasteiger partial charge in [0.05, 0.1) is 35.3 Å². The van der Waals surface area contributed by atoms with Gasteiger partial charge in [0, 0.05) is 24.1 Å². The number of ether oxygens (including phenoxy) is 1. The van der Waals surface area contributed by atoms with Gasteiger partial charge in [0.25, 0.3) is 5.56 Å². The average molecular weight is 472 g/mol. The van der Waals surface area contributed by atoms with E-state index in [1.807, 2.05) is 0 Å². The Kier molecular flexibility index (Phi) is 6.69. The molecule has 0 radical (unpaired) electrons. The zero-order valence-electron chi connectivity index (χ0n) is 18.2. The molecule has 0 aliphatic heterocycles. The maximum Gasteiger partial charge on any atom is 0.251 e. The molecule has 0 unspecified atom stereocenters. The fraction of sp³-hybridized carbons (Fsp3) is 0.348. The minimum Gasteiger partial charge on any atom is -0.476 e. The standard InChI is InChI=1S/C23H23ClFN5O3/c1-12(2)23(32)28-8-14-5-6-15(24)20(21(14)25)22-29-16(7-18(31)30-22)17-9-27-19(10-26-17)33-11-13-3-4-13/h5-7,9-10,12-13H,3-4,8,11H2,1-2H3,(H,28,32)(H,29,30,31). The molecule has 172 valence electrons. The number of hydrogen-bond acceptors (Lipinski definition) is 6. The molecule has 1 aliphatic rings. The third-order valence-corrected chi connectivity index (χ3v) is 5.50. The maximum absolute atomic E-state index is 15.3. The topological polar surface area (TPSA) is 110 Å². The number of rotatable bonds is 8. The van der Waals surface area contributed by atoms with Gasteiger partial charge in [-0.1, -0.05) is 31.5 Å². The third-order valence-electron chi connectivity index (χ3n) is 5.18. The molecule has 0 spiro atoms. The second-order valence-electron chi connectivity index (χ2n) is 8.24. The molecule has 8 nitrogen and oxygen atoms in total. The number of aromatic nitrogens is 4. The lowest BCUT2D eigenvalue weighted by Crippen LogP contribution is -2.27. The van der Waals surface area contributed by atoms with Crippen molar-refractivity contribution in [2.24, 2.45) is 11.8 Å². The first kappa shape index (κ1) is 22.8.